The molecule has 0 heterocycles. The number of aliphatic imine (C=N–C) groups is 1. The molecule has 0 spiro atoms. The lowest BCUT2D eigenvalue weighted by Gasteiger charge is -1.96. The highest BCUT2D eigenvalue weighted by Gasteiger charge is 2.07. The van der Waals surface area contributed by atoms with Gasteiger partial charge in [-0.1, -0.05) is 19.9 Å². The zero-order valence-electron chi connectivity index (χ0n) is 8.14. The Morgan fingerprint density at radius 1 is 1.42 bits per heavy atom. The van der Waals surface area contributed by atoms with E-state index in [2.05, 4.69) is 4.99 Å². The van der Waals surface area contributed by atoms with Crippen molar-refractivity contribution >= 4 is 5.71 Å². The van der Waals surface area contributed by atoms with Gasteiger partial charge in [0.25, 0.3) is 6.43 Å². The van der Waals surface area contributed by atoms with Crippen LogP contribution in [0.4, 0.5) is 8.78 Å². The number of hydrogen-bond acceptors (Lipinski definition) is 1. The van der Waals surface area contributed by atoms with Crippen LogP contribution in [-0.2, 0) is 0 Å². The third-order valence-corrected chi connectivity index (χ3v) is 0.902. The lowest BCUT2D eigenvalue weighted by Crippen LogP contribution is -2.06. The summed E-state index contributed by atoms with van der Waals surface area (Å²) in [4.78, 5) is 3.59. The Hall–Kier alpha value is -0.730. The van der Waals surface area contributed by atoms with Gasteiger partial charge in [-0.05, 0) is 19.9 Å². The van der Waals surface area contributed by atoms with Crippen molar-refractivity contribution in [3.05, 3.63) is 12.2 Å². The summed E-state index contributed by atoms with van der Waals surface area (Å²) < 4.78 is 23.8. The van der Waals surface area contributed by atoms with Crippen LogP contribution in [0.5, 0.6) is 0 Å². The first-order valence-corrected chi connectivity index (χ1v) is 4.17. The maximum Gasteiger partial charge on any atom is 0.279 e. The molecule has 0 unspecified atom stereocenters. The number of hydrogen-bond donors (Lipinski definition) is 0. The number of halogens is 2. The minimum absolute atomic E-state index is 0.134. The molecule has 0 aromatic heterocycles. The van der Waals surface area contributed by atoms with Gasteiger partial charge in [-0.15, -0.1) is 0 Å². The molecule has 0 atom stereocenters. The Morgan fingerprint density at radius 2 is 1.92 bits per heavy atom. The average molecular weight is 177 g/mol. The Kier molecular flexibility index (Phi) is 11.8. The molecule has 0 aliphatic carbocycles. The van der Waals surface area contributed by atoms with E-state index in [0.29, 0.717) is 6.54 Å². The highest BCUT2D eigenvalue weighted by Crippen LogP contribution is 1.98. The minimum Gasteiger partial charge on any atom is -0.284 e. The van der Waals surface area contributed by atoms with E-state index in [1.165, 1.54) is 6.08 Å². The third-order valence-electron chi connectivity index (χ3n) is 0.902. The van der Waals surface area contributed by atoms with Gasteiger partial charge in [0.15, 0.2) is 0 Å². The normalized spacial score (nSPS) is 11.8. The van der Waals surface area contributed by atoms with Gasteiger partial charge < -0.3 is 0 Å². The standard InChI is InChI=1S/C7H11F2N.C2H6/c1-3-5-6(7(8)9)10-4-2;1-2/h3,5,7H,4H2,1-2H3;1-2H3/b5-3-,10-6?;. The van der Waals surface area contributed by atoms with Crippen molar-refractivity contribution in [3.63, 3.8) is 0 Å². The highest BCUT2D eigenvalue weighted by atomic mass is 19.3. The summed E-state index contributed by atoms with van der Waals surface area (Å²) in [5.41, 5.74) is -0.134. The van der Waals surface area contributed by atoms with Crippen LogP contribution in [0.3, 0.4) is 0 Å². The van der Waals surface area contributed by atoms with Gasteiger partial charge >= 0.3 is 0 Å². The maximum atomic E-state index is 11.9. The van der Waals surface area contributed by atoms with E-state index in [4.69, 9.17) is 0 Å². The number of alkyl halides is 2. The van der Waals surface area contributed by atoms with E-state index in [9.17, 15) is 8.78 Å². The quantitative estimate of drug-likeness (QED) is 0.586. The predicted octanol–water partition coefficient (Wildman–Crippen LogP) is 3.31. The number of allylic oxidation sites excluding steroid dienone is 2. The fraction of sp³-hybridized carbons (Fsp3) is 0.667. The van der Waals surface area contributed by atoms with Crippen molar-refractivity contribution in [2.75, 3.05) is 6.54 Å². The molecule has 0 rings (SSSR count). The van der Waals surface area contributed by atoms with Crippen LogP contribution >= 0.6 is 0 Å². The van der Waals surface area contributed by atoms with Crippen molar-refractivity contribution < 1.29 is 8.78 Å². The Labute approximate surface area is 73.2 Å². The molecule has 0 saturated carbocycles. The Balaban J connectivity index is 0. The summed E-state index contributed by atoms with van der Waals surface area (Å²) in [7, 11) is 0. The summed E-state index contributed by atoms with van der Waals surface area (Å²) in [5.74, 6) is 0. The fourth-order valence-corrected chi connectivity index (χ4v) is 0.548. The first-order chi connectivity index (χ1) is 5.72. The maximum absolute atomic E-state index is 11.9. The van der Waals surface area contributed by atoms with Crippen LogP contribution in [0.25, 0.3) is 0 Å². The van der Waals surface area contributed by atoms with Crippen LogP contribution in [0, 0.1) is 0 Å². The van der Waals surface area contributed by atoms with E-state index in [-0.39, 0.29) is 5.71 Å². The molecular weight excluding hydrogens is 160 g/mol. The molecule has 0 radical (unpaired) electrons. The first-order valence-electron chi connectivity index (χ1n) is 4.17. The minimum atomic E-state index is -2.45. The average Bonchev–Trinajstić information content (AvgIpc) is 2.08. The van der Waals surface area contributed by atoms with Crippen LogP contribution in [0.15, 0.2) is 17.1 Å². The second-order valence-electron chi connectivity index (χ2n) is 1.70. The molecule has 72 valence electrons. The largest absolute Gasteiger partial charge is 0.284 e. The zero-order chi connectivity index (χ0) is 9.98. The SMILES string of the molecule is C/C=C\C(=NCC)C(F)F.CC. The van der Waals surface area contributed by atoms with Gasteiger partial charge in [0, 0.05) is 6.54 Å². The zero-order valence-corrected chi connectivity index (χ0v) is 8.14. The topological polar surface area (TPSA) is 12.4 Å². The fourth-order valence-electron chi connectivity index (χ4n) is 0.548. The molecule has 0 aliphatic heterocycles. The third kappa shape index (κ3) is 7.38. The molecule has 0 saturated heterocycles. The molecule has 1 nitrogen and oxygen atoms in total. The number of nitrogens with zero attached hydrogens (tertiary/aromatic N) is 1. The molecule has 0 aromatic rings. The molecule has 0 aliphatic rings. The van der Waals surface area contributed by atoms with E-state index < -0.39 is 6.43 Å². The predicted molar refractivity (Wildman–Crippen MR) is 50.1 cm³/mol. The smallest absolute Gasteiger partial charge is 0.279 e. The monoisotopic (exact) mass is 177 g/mol. The van der Waals surface area contributed by atoms with E-state index >= 15 is 0 Å². The van der Waals surface area contributed by atoms with Gasteiger partial charge in [-0.3, -0.25) is 4.99 Å². The summed E-state index contributed by atoms with van der Waals surface area (Å²) in [5, 5.41) is 0. The van der Waals surface area contributed by atoms with Gasteiger partial charge in [-0.2, -0.15) is 0 Å². The first kappa shape index (κ1) is 13.8. The van der Waals surface area contributed by atoms with E-state index in [1.807, 2.05) is 13.8 Å². The summed E-state index contributed by atoms with van der Waals surface area (Å²) in [6.07, 6.45) is 0.436. The lowest BCUT2D eigenvalue weighted by molar-refractivity contribution is 0.226. The van der Waals surface area contributed by atoms with Crippen molar-refractivity contribution in [3.8, 4) is 0 Å². The molecular formula is C9H17F2N. The van der Waals surface area contributed by atoms with Crippen LogP contribution in [0.1, 0.15) is 27.7 Å². The van der Waals surface area contributed by atoms with Crippen LogP contribution < -0.4 is 0 Å². The molecule has 12 heavy (non-hydrogen) atoms. The molecule has 0 N–H and O–H groups in total. The summed E-state index contributed by atoms with van der Waals surface area (Å²) in [6, 6.07) is 0. The van der Waals surface area contributed by atoms with Crippen molar-refractivity contribution in [1.29, 1.82) is 0 Å². The van der Waals surface area contributed by atoms with Gasteiger partial charge in [0.2, 0.25) is 0 Å². The van der Waals surface area contributed by atoms with Gasteiger partial charge in [0.05, 0.1) is 0 Å². The van der Waals surface area contributed by atoms with E-state index in [1.54, 1.807) is 19.9 Å². The molecule has 0 amide bonds. The van der Waals surface area contributed by atoms with Gasteiger partial charge in [-0.25, -0.2) is 8.78 Å². The molecule has 0 aromatic carbocycles. The van der Waals surface area contributed by atoms with Crippen molar-refractivity contribution in [2.24, 2.45) is 4.99 Å². The highest BCUT2D eigenvalue weighted by molar-refractivity contribution is 5.97. The summed E-state index contributed by atoms with van der Waals surface area (Å²) in [6.45, 7) is 7.82. The van der Waals surface area contributed by atoms with Crippen molar-refractivity contribution in [1.82, 2.24) is 0 Å². The summed E-state index contributed by atoms with van der Waals surface area (Å²) >= 11 is 0. The molecule has 3 heteroatoms. The Bertz CT molecular complexity index is 139. The second-order valence-corrected chi connectivity index (χ2v) is 1.70. The van der Waals surface area contributed by atoms with E-state index in [0.717, 1.165) is 0 Å². The number of rotatable bonds is 3. The van der Waals surface area contributed by atoms with Crippen molar-refractivity contribution in [2.45, 2.75) is 34.1 Å². The van der Waals surface area contributed by atoms with Crippen LogP contribution in [-0.4, -0.2) is 18.7 Å². The lowest BCUT2D eigenvalue weighted by atomic mass is 10.3. The second kappa shape index (κ2) is 10.3. The molecule has 0 bridgehead atoms. The van der Waals surface area contributed by atoms with Crippen LogP contribution in [0.2, 0.25) is 0 Å². The Morgan fingerprint density at radius 3 is 2.17 bits per heavy atom. The van der Waals surface area contributed by atoms with Gasteiger partial charge in [0.1, 0.15) is 5.71 Å². The molecule has 0 fully saturated rings.